The van der Waals surface area contributed by atoms with E-state index in [9.17, 15) is 18.0 Å². The second-order valence-electron chi connectivity index (χ2n) is 8.78. The molecule has 0 bridgehead atoms. The standard InChI is InChI=1S/C17H35NO6SSi/c1-14(20)18-10-9-11-25(21,22)23-13-17(5,6)15(12-19)24-26(7,8)16(2,3)4/h12,15H,9-11,13H2,1-8H3,(H,18,20)/t15-/m0/s1. The molecule has 0 heterocycles. The van der Waals surface area contributed by atoms with Gasteiger partial charge in [-0.3, -0.25) is 8.98 Å². The average Bonchev–Trinajstić information content (AvgIpc) is 2.46. The van der Waals surface area contributed by atoms with E-state index in [-0.39, 0.29) is 36.3 Å². The number of carbonyl (C=O) groups is 2. The maximum absolute atomic E-state index is 12.0. The predicted molar refractivity (Wildman–Crippen MR) is 105 cm³/mol. The van der Waals surface area contributed by atoms with Crippen molar-refractivity contribution in [3.8, 4) is 0 Å². The lowest BCUT2D eigenvalue weighted by Gasteiger charge is -2.42. The van der Waals surface area contributed by atoms with Crippen LogP contribution in [0.4, 0.5) is 0 Å². The lowest BCUT2D eigenvalue weighted by atomic mass is 9.88. The van der Waals surface area contributed by atoms with E-state index in [1.54, 1.807) is 13.8 Å². The molecule has 0 spiro atoms. The molecule has 0 saturated heterocycles. The van der Waals surface area contributed by atoms with Crippen molar-refractivity contribution in [2.75, 3.05) is 18.9 Å². The molecule has 1 atom stereocenters. The van der Waals surface area contributed by atoms with Crippen LogP contribution in [0.15, 0.2) is 0 Å². The van der Waals surface area contributed by atoms with E-state index in [0.717, 1.165) is 6.29 Å². The van der Waals surface area contributed by atoms with Gasteiger partial charge in [-0.25, -0.2) is 0 Å². The third-order valence-electron chi connectivity index (χ3n) is 4.68. The summed E-state index contributed by atoms with van der Waals surface area (Å²) < 4.78 is 35.3. The van der Waals surface area contributed by atoms with Crippen LogP contribution < -0.4 is 5.32 Å². The molecule has 0 aromatic heterocycles. The number of rotatable bonds is 11. The van der Waals surface area contributed by atoms with Gasteiger partial charge in [0.25, 0.3) is 10.1 Å². The van der Waals surface area contributed by atoms with Gasteiger partial charge in [0, 0.05) is 18.9 Å². The van der Waals surface area contributed by atoms with Crippen molar-refractivity contribution in [3.63, 3.8) is 0 Å². The molecule has 0 radical (unpaired) electrons. The van der Waals surface area contributed by atoms with Crippen LogP contribution in [0.3, 0.4) is 0 Å². The molecule has 0 saturated carbocycles. The van der Waals surface area contributed by atoms with Crippen LogP contribution in [0.25, 0.3) is 0 Å². The number of hydrogen-bond acceptors (Lipinski definition) is 6. The maximum atomic E-state index is 12.0. The number of hydrogen-bond donors (Lipinski definition) is 1. The predicted octanol–water partition coefficient (Wildman–Crippen LogP) is 2.47. The highest BCUT2D eigenvalue weighted by Crippen LogP contribution is 2.39. The van der Waals surface area contributed by atoms with E-state index in [4.69, 9.17) is 8.61 Å². The van der Waals surface area contributed by atoms with Gasteiger partial charge in [-0.2, -0.15) is 8.42 Å². The Hall–Kier alpha value is -0.773. The summed E-state index contributed by atoms with van der Waals surface area (Å²) in [6.45, 7) is 15.3. The Morgan fingerprint density at radius 3 is 2.15 bits per heavy atom. The summed E-state index contributed by atoms with van der Waals surface area (Å²) in [6, 6.07) is 0. The van der Waals surface area contributed by atoms with Gasteiger partial charge in [0.2, 0.25) is 5.91 Å². The van der Waals surface area contributed by atoms with Crippen molar-refractivity contribution in [1.82, 2.24) is 5.32 Å². The minimum Gasteiger partial charge on any atom is -0.407 e. The highest BCUT2D eigenvalue weighted by Gasteiger charge is 2.43. The van der Waals surface area contributed by atoms with Crippen LogP contribution >= 0.6 is 0 Å². The van der Waals surface area contributed by atoms with Crippen molar-refractivity contribution in [2.24, 2.45) is 5.41 Å². The van der Waals surface area contributed by atoms with E-state index in [2.05, 4.69) is 26.1 Å². The van der Waals surface area contributed by atoms with Crippen LogP contribution in [0.2, 0.25) is 18.1 Å². The third kappa shape index (κ3) is 8.74. The Balaban J connectivity index is 4.83. The Kier molecular flexibility index (Phi) is 9.15. The minimum atomic E-state index is -3.74. The second kappa shape index (κ2) is 9.43. The fraction of sp³-hybridized carbons (Fsp3) is 0.882. The van der Waals surface area contributed by atoms with E-state index in [0.29, 0.717) is 0 Å². The van der Waals surface area contributed by atoms with Crippen molar-refractivity contribution in [1.29, 1.82) is 0 Å². The van der Waals surface area contributed by atoms with Crippen molar-refractivity contribution in [3.05, 3.63) is 0 Å². The zero-order chi connectivity index (χ0) is 20.8. The number of aldehydes is 1. The average molecular weight is 410 g/mol. The molecule has 0 unspecified atom stereocenters. The van der Waals surface area contributed by atoms with Crippen LogP contribution in [0.1, 0.15) is 48.0 Å². The summed E-state index contributed by atoms with van der Waals surface area (Å²) in [5.74, 6) is -0.404. The minimum absolute atomic E-state index is 0.0685. The molecule has 0 aromatic carbocycles. The molecule has 0 aliphatic rings. The first-order valence-electron chi connectivity index (χ1n) is 8.79. The summed E-state index contributed by atoms with van der Waals surface area (Å²) in [6.07, 6.45) is 0.241. The third-order valence-corrected chi connectivity index (χ3v) is 10.4. The summed E-state index contributed by atoms with van der Waals surface area (Å²) in [5.41, 5.74) is -0.790. The summed E-state index contributed by atoms with van der Waals surface area (Å²) in [7, 11) is -5.92. The van der Waals surface area contributed by atoms with Gasteiger partial charge >= 0.3 is 0 Å². The molecule has 7 nitrogen and oxygen atoms in total. The lowest BCUT2D eigenvalue weighted by molar-refractivity contribution is -0.120. The summed E-state index contributed by atoms with van der Waals surface area (Å²) in [4.78, 5) is 22.4. The number of nitrogens with one attached hydrogen (secondary N) is 1. The van der Waals surface area contributed by atoms with E-state index >= 15 is 0 Å². The fourth-order valence-electron chi connectivity index (χ4n) is 1.76. The van der Waals surface area contributed by atoms with Gasteiger partial charge in [0.05, 0.1) is 12.4 Å². The van der Waals surface area contributed by atoms with Gasteiger partial charge in [-0.15, -0.1) is 0 Å². The molecule has 0 aromatic rings. The van der Waals surface area contributed by atoms with Crippen molar-refractivity contribution in [2.45, 2.75) is 72.2 Å². The Morgan fingerprint density at radius 1 is 1.19 bits per heavy atom. The van der Waals surface area contributed by atoms with Gasteiger partial charge in [0.1, 0.15) is 12.4 Å². The van der Waals surface area contributed by atoms with E-state index in [1.807, 2.05) is 13.1 Å². The first-order chi connectivity index (χ1) is 11.5. The fourth-order valence-corrected chi connectivity index (χ4v) is 4.22. The quantitative estimate of drug-likeness (QED) is 0.244. The summed E-state index contributed by atoms with van der Waals surface area (Å²) in [5, 5.41) is 2.47. The number of amides is 1. The van der Waals surface area contributed by atoms with E-state index in [1.165, 1.54) is 6.92 Å². The first kappa shape index (κ1) is 25.2. The monoisotopic (exact) mass is 409 g/mol. The Morgan fingerprint density at radius 2 is 1.73 bits per heavy atom. The number of carbonyl (C=O) groups excluding carboxylic acids is 2. The molecular weight excluding hydrogens is 374 g/mol. The molecule has 9 heteroatoms. The SMILES string of the molecule is CC(=O)NCCCS(=O)(=O)OCC(C)(C)[C@H](C=O)O[Si](C)(C)C(C)(C)C. The van der Waals surface area contributed by atoms with Crippen LogP contribution in [-0.4, -0.2) is 53.9 Å². The Bertz CT molecular complexity index is 581. The maximum Gasteiger partial charge on any atom is 0.267 e. The largest absolute Gasteiger partial charge is 0.407 e. The van der Waals surface area contributed by atoms with Gasteiger partial charge in [-0.05, 0) is 24.6 Å². The molecular formula is C17H35NO6SSi. The molecule has 1 amide bonds. The molecule has 1 N–H and O–H groups in total. The van der Waals surface area contributed by atoms with Crippen LogP contribution in [-0.2, 0) is 28.3 Å². The zero-order valence-electron chi connectivity index (χ0n) is 17.3. The summed E-state index contributed by atoms with van der Waals surface area (Å²) >= 11 is 0. The highest BCUT2D eigenvalue weighted by atomic mass is 32.2. The molecule has 26 heavy (non-hydrogen) atoms. The molecule has 0 aliphatic heterocycles. The highest BCUT2D eigenvalue weighted by molar-refractivity contribution is 7.86. The topological polar surface area (TPSA) is 98.8 Å². The van der Waals surface area contributed by atoms with Gasteiger partial charge < -0.3 is 14.5 Å². The smallest absolute Gasteiger partial charge is 0.267 e. The van der Waals surface area contributed by atoms with Crippen LogP contribution in [0.5, 0.6) is 0 Å². The molecule has 0 rings (SSSR count). The normalized spacial score (nSPS) is 14.8. The zero-order valence-corrected chi connectivity index (χ0v) is 19.2. The molecule has 0 fully saturated rings. The van der Waals surface area contributed by atoms with Crippen molar-refractivity contribution >= 4 is 30.6 Å². The van der Waals surface area contributed by atoms with Crippen LogP contribution in [0, 0.1) is 5.41 Å². The first-order valence-corrected chi connectivity index (χ1v) is 13.3. The Labute approximate surface area is 159 Å². The van der Waals surface area contributed by atoms with Gasteiger partial charge in [0.15, 0.2) is 8.32 Å². The van der Waals surface area contributed by atoms with Crippen molar-refractivity contribution < 1.29 is 26.6 Å². The van der Waals surface area contributed by atoms with Gasteiger partial charge in [-0.1, -0.05) is 34.6 Å². The van der Waals surface area contributed by atoms with E-state index < -0.39 is 30.0 Å². The molecule has 154 valence electrons. The molecule has 0 aliphatic carbocycles. The lowest BCUT2D eigenvalue weighted by Crippen LogP contribution is -2.49. The second-order valence-corrected chi connectivity index (χ2v) is 15.3.